The van der Waals surface area contributed by atoms with E-state index < -0.39 is 0 Å². The third kappa shape index (κ3) is 3.47. The molecule has 4 nitrogen and oxygen atoms in total. The van der Waals surface area contributed by atoms with Gasteiger partial charge in [-0.3, -0.25) is 4.79 Å². The molecule has 104 valence electrons. The summed E-state index contributed by atoms with van der Waals surface area (Å²) in [6, 6.07) is 7.97. The predicted octanol–water partition coefficient (Wildman–Crippen LogP) is 2.51. The van der Waals surface area contributed by atoms with Gasteiger partial charge in [0.1, 0.15) is 0 Å². The lowest BCUT2D eigenvalue weighted by atomic mass is 10.1. The summed E-state index contributed by atoms with van der Waals surface area (Å²) in [5, 5.41) is 3.04. The van der Waals surface area contributed by atoms with Gasteiger partial charge in [0, 0.05) is 19.0 Å². The van der Waals surface area contributed by atoms with Crippen molar-refractivity contribution in [1.82, 2.24) is 0 Å². The number of nitrogens with zero attached hydrogens (tertiary/aromatic N) is 1. The van der Waals surface area contributed by atoms with Crippen molar-refractivity contribution in [3.63, 3.8) is 0 Å². The lowest BCUT2D eigenvalue weighted by Gasteiger charge is -2.30. The van der Waals surface area contributed by atoms with Gasteiger partial charge >= 0.3 is 0 Å². The molecule has 0 radical (unpaired) electrons. The molecule has 1 heterocycles. The van der Waals surface area contributed by atoms with E-state index >= 15 is 0 Å². The van der Waals surface area contributed by atoms with Gasteiger partial charge in [-0.1, -0.05) is 26.0 Å². The molecule has 0 spiro atoms. The highest BCUT2D eigenvalue weighted by molar-refractivity contribution is 5.95. The van der Waals surface area contributed by atoms with Crippen LogP contribution in [0.1, 0.15) is 20.3 Å². The first-order valence-corrected chi connectivity index (χ1v) is 6.95. The number of morpholine rings is 1. The Morgan fingerprint density at radius 3 is 2.74 bits per heavy atom. The smallest absolute Gasteiger partial charge is 0.227 e. The molecule has 1 aliphatic rings. The van der Waals surface area contributed by atoms with Crippen LogP contribution in [0, 0.1) is 5.92 Å². The van der Waals surface area contributed by atoms with Crippen molar-refractivity contribution < 1.29 is 9.53 Å². The number of carbonyl (C=O) groups is 1. The molecule has 1 atom stereocenters. The van der Waals surface area contributed by atoms with Gasteiger partial charge in [-0.15, -0.1) is 0 Å². The second-order valence-corrected chi connectivity index (χ2v) is 4.92. The molecule has 1 saturated heterocycles. The monoisotopic (exact) mass is 262 g/mol. The Balaban J connectivity index is 2.13. The van der Waals surface area contributed by atoms with Crippen LogP contribution in [-0.2, 0) is 9.53 Å². The largest absolute Gasteiger partial charge is 0.378 e. The van der Waals surface area contributed by atoms with Gasteiger partial charge in [-0.05, 0) is 18.6 Å². The van der Waals surface area contributed by atoms with Gasteiger partial charge in [0.15, 0.2) is 0 Å². The normalized spacial score (nSPS) is 17.1. The number of carbonyl (C=O) groups excluding carboxylic acids is 1. The SMILES string of the molecule is CC[C@H](C)C(=O)Nc1ccccc1N1CCOCC1. The van der Waals surface area contributed by atoms with Crippen molar-refractivity contribution in [3.05, 3.63) is 24.3 Å². The molecular formula is C15H22N2O2. The summed E-state index contributed by atoms with van der Waals surface area (Å²) in [6.45, 7) is 7.21. The van der Waals surface area contributed by atoms with Crippen molar-refractivity contribution in [1.29, 1.82) is 0 Å². The quantitative estimate of drug-likeness (QED) is 0.906. The molecule has 0 aliphatic carbocycles. The number of para-hydroxylation sites is 2. The summed E-state index contributed by atoms with van der Waals surface area (Å²) in [5.74, 6) is 0.126. The van der Waals surface area contributed by atoms with Crippen LogP contribution in [0.2, 0.25) is 0 Å². The minimum atomic E-state index is 0.0396. The molecule has 2 rings (SSSR count). The van der Waals surface area contributed by atoms with Crippen molar-refractivity contribution in [3.8, 4) is 0 Å². The molecule has 0 unspecified atom stereocenters. The number of anilines is 2. The molecule has 1 N–H and O–H groups in total. The Hall–Kier alpha value is -1.55. The highest BCUT2D eigenvalue weighted by Crippen LogP contribution is 2.26. The van der Waals surface area contributed by atoms with Crippen LogP contribution in [0.15, 0.2) is 24.3 Å². The fraction of sp³-hybridized carbons (Fsp3) is 0.533. The van der Waals surface area contributed by atoms with E-state index in [1.165, 1.54) is 0 Å². The van der Waals surface area contributed by atoms with Gasteiger partial charge in [0.2, 0.25) is 5.91 Å². The molecular weight excluding hydrogens is 240 g/mol. The summed E-state index contributed by atoms with van der Waals surface area (Å²) in [6.07, 6.45) is 0.853. The van der Waals surface area contributed by atoms with Gasteiger partial charge < -0.3 is 15.0 Å². The third-order valence-corrected chi connectivity index (χ3v) is 3.57. The van der Waals surface area contributed by atoms with Gasteiger partial charge in [-0.25, -0.2) is 0 Å². The highest BCUT2D eigenvalue weighted by atomic mass is 16.5. The van der Waals surface area contributed by atoms with E-state index in [-0.39, 0.29) is 11.8 Å². The second-order valence-electron chi connectivity index (χ2n) is 4.92. The maximum absolute atomic E-state index is 12.0. The van der Waals surface area contributed by atoms with Crippen LogP contribution in [-0.4, -0.2) is 32.2 Å². The predicted molar refractivity (Wildman–Crippen MR) is 77.6 cm³/mol. The second kappa shape index (κ2) is 6.57. The highest BCUT2D eigenvalue weighted by Gasteiger charge is 2.17. The molecule has 1 aromatic carbocycles. The first-order chi connectivity index (χ1) is 9.22. The van der Waals surface area contributed by atoms with Crippen LogP contribution in [0.3, 0.4) is 0 Å². The molecule has 1 amide bonds. The Morgan fingerprint density at radius 1 is 1.37 bits per heavy atom. The third-order valence-electron chi connectivity index (χ3n) is 3.57. The molecule has 0 bridgehead atoms. The van der Waals surface area contributed by atoms with Gasteiger partial charge in [0.25, 0.3) is 0 Å². The number of nitrogens with one attached hydrogen (secondary N) is 1. The molecule has 1 fully saturated rings. The van der Waals surface area contributed by atoms with Gasteiger partial charge in [-0.2, -0.15) is 0 Å². The lowest BCUT2D eigenvalue weighted by molar-refractivity contribution is -0.119. The summed E-state index contributed by atoms with van der Waals surface area (Å²) >= 11 is 0. The van der Waals surface area contributed by atoms with Crippen LogP contribution in [0.5, 0.6) is 0 Å². The first kappa shape index (κ1) is 13.9. The maximum Gasteiger partial charge on any atom is 0.227 e. The van der Waals surface area contributed by atoms with Crippen molar-refractivity contribution in [2.24, 2.45) is 5.92 Å². The number of hydrogen-bond acceptors (Lipinski definition) is 3. The average molecular weight is 262 g/mol. The van der Waals surface area contributed by atoms with E-state index in [4.69, 9.17) is 4.74 Å². The fourth-order valence-electron chi connectivity index (χ4n) is 2.10. The number of hydrogen-bond donors (Lipinski definition) is 1. The summed E-state index contributed by atoms with van der Waals surface area (Å²) in [5.41, 5.74) is 1.98. The molecule has 19 heavy (non-hydrogen) atoms. The zero-order chi connectivity index (χ0) is 13.7. The van der Waals surface area contributed by atoms with Crippen LogP contribution >= 0.6 is 0 Å². The van der Waals surface area contributed by atoms with E-state index in [1.807, 2.05) is 32.0 Å². The van der Waals surface area contributed by atoms with Crippen LogP contribution in [0.25, 0.3) is 0 Å². The van der Waals surface area contributed by atoms with Crippen LogP contribution in [0.4, 0.5) is 11.4 Å². The zero-order valence-corrected chi connectivity index (χ0v) is 11.7. The number of ether oxygens (including phenoxy) is 1. The Bertz CT molecular complexity index is 428. The average Bonchev–Trinajstić information content (AvgIpc) is 2.47. The minimum absolute atomic E-state index is 0.0396. The van der Waals surface area contributed by atoms with Gasteiger partial charge in [0.05, 0.1) is 24.6 Å². The number of benzene rings is 1. The Labute approximate surface area is 114 Å². The summed E-state index contributed by atoms with van der Waals surface area (Å²) in [4.78, 5) is 14.3. The standard InChI is InChI=1S/C15H22N2O2/c1-3-12(2)15(18)16-13-6-4-5-7-14(13)17-8-10-19-11-9-17/h4-7,12H,3,8-11H2,1-2H3,(H,16,18)/t12-/m0/s1. The van der Waals surface area contributed by atoms with E-state index in [9.17, 15) is 4.79 Å². The Morgan fingerprint density at radius 2 is 2.05 bits per heavy atom. The van der Waals surface area contributed by atoms with E-state index in [2.05, 4.69) is 16.3 Å². The zero-order valence-electron chi connectivity index (χ0n) is 11.7. The van der Waals surface area contributed by atoms with Crippen molar-refractivity contribution in [2.75, 3.05) is 36.5 Å². The topological polar surface area (TPSA) is 41.6 Å². The van der Waals surface area contributed by atoms with E-state index in [1.54, 1.807) is 0 Å². The van der Waals surface area contributed by atoms with Crippen LogP contribution < -0.4 is 10.2 Å². The molecule has 4 heteroatoms. The van der Waals surface area contributed by atoms with E-state index in [0.29, 0.717) is 0 Å². The maximum atomic E-state index is 12.0. The first-order valence-electron chi connectivity index (χ1n) is 6.95. The number of rotatable bonds is 4. The fourth-order valence-corrected chi connectivity index (χ4v) is 2.10. The summed E-state index contributed by atoms with van der Waals surface area (Å²) in [7, 11) is 0. The molecule has 0 saturated carbocycles. The molecule has 0 aromatic heterocycles. The molecule has 1 aliphatic heterocycles. The van der Waals surface area contributed by atoms with Crippen molar-refractivity contribution in [2.45, 2.75) is 20.3 Å². The number of amides is 1. The molecule has 1 aromatic rings. The minimum Gasteiger partial charge on any atom is -0.378 e. The Kier molecular flexibility index (Phi) is 4.80. The summed E-state index contributed by atoms with van der Waals surface area (Å²) < 4.78 is 5.37. The van der Waals surface area contributed by atoms with Crippen molar-refractivity contribution >= 4 is 17.3 Å². The van der Waals surface area contributed by atoms with E-state index in [0.717, 1.165) is 44.1 Å². The lowest BCUT2D eigenvalue weighted by Crippen LogP contribution is -2.37.